The molecule has 1 aromatic heterocycles. The number of carboxylic acid groups (broad SMARTS) is 1. The topological polar surface area (TPSA) is 99.3 Å². The Kier molecular flexibility index (Phi) is 4.86. The number of hydrogen-bond acceptors (Lipinski definition) is 3. The molecule has 0 fully saturated rings. The molecule has 0 aliphatic heterocycles. The Bertz CT molecular complexity index is 493. The lowest BCUT2D eigenvalue weighted by Gasteiger charge is -2.19. The van der Waals surface area contributed by atoms with E-state index in [4.69, 9.17) is 5.11 Å². The lowest BCUT2D eigenvalue weighted by atomic mass is 9.99. The summed E-state index contributed by atoms with van der Waals surface area (Å²) in [4.78, 5) is 36.8. The summed E-state index contributed by atoms with van der Waals surface area (Å²) in [5.41, 5.74) is 0.570. The number of amides is 1. The van der Waals surface area contributed by atoms with Crippen LogP contribution in [0.4, 0.5) is 0 Å². The molecule has 1 heterocycles. The summed E-state index contributed by atoms with van der Waals surface area (Å²) in [5, 5.41) is 11.5. The van der Waals surface area contributed by atoms with Crippen LogP contribution in [-0.4, -0.2) is 33.8 Å². The number of H-pyrrole nitrogens is 1. The molecule has 0 spiro atoms. The monoisotopic (exact) mass is 266 g/mol. The molecule has 0 radical (unpaired) electrons. The van der Waals surface area contributed by atoms with E-state index in [1.165, 1.54) is 19.2 Å². The molecule has 1 aromatic rings. The molecule has 0 aliphatic rings. The van der Waals surface area contributed by atoms with Crippen LogP contribution in [0, 0.1) is 5.92 Å². The van der Waals surface area contributed by atoms with Gasteiger partial charge >= 0.3 is 5.97 Å². The molecule has 1 rings (SSSR count). The third-order valence-electron chi connectivity index (χ3n) is 3.10. The molecule has 104 valence electrons. The van der Waals surface area contributed by atoms with Crippen molar-refractivity contribution in [2.24, 2.45) is 5.92 Å². The zero-order valence-corrected chi connectivity index (χ0v) is 11.2. The van der Waals surface area contributed by atoms with Crippen molar-refractivity contribution in [1.29, 1.82) is 0 Å². The number of aromatic nitrogens is 1. The molecule has 3 N–H and O–H groups in total. The van der Waals surface area contributed by atoms with Gasteiger partial charge in [-0.05, 0) is 18.9 Å². The number of carbonyl (C=O) groups is 3. The maximum Gasteiger partial charge on any atom is 0.326 e. The van der Waals surface area contributed by atoms with Crippen molar-refractivity contribution in [2.45, 2.75) is 33.2 Å². The molecule has 0 aromatic carbocycles. The number of aliphatic carboxylic acids is 1. The smallest absolute Gasteiger partial charge is 0.326 e. The molecule has 0 aliphatic carbocycles. The number of aromatic amines is 1. The van der Waals surface area contributed by atoms with Crippen LogP contribution in [0.5, 0.6) is 0 Å². The molecule has 0 bridgehead atoms. The van der Waals surface area contributed by atoms with E-state index in [2.05, 4.69) is 10.3 Å². The number of ketones is 1. The second kappa shape index (κ2) is 6.17. The summed E-state index contributed by atoms with van der Waals surface area (Å²) in [6.07, 6.45) is 2.07. The number of carbonyl (C=O) groups excluding carboxylic acids is 2. The van der Waals surface area contributed by atoms with Gasteiger partial charge in [-0.15, -0.1) is 0 Å². The maximum atomic E-state index is 11.9. The van der Waals surface area contributed by atoms with Crippen LogP contribution in [0.1, 0.15) is 48.0 Å². The van der Waals surface area contributed by atoms with Crippen LogP contribution in [0.3, 0.4) is 0 Å². The van der Waals surface area contributed by atoms with Crippen molar-refractivity contribution < 1.29 is 19.5 Å². The van der Waals surface area contributed by atoms with Crippen LogP contribution >= 0.6 is 0 Å². The summed E-state index contributed by atoms with van der Waals surface area (Å²) < 4.78 is 0. The Labute approximate surface area is 111 Å². The van der Waals surface area contributed by atoms with Gasteiger partial charge in [-0.2, -0.15) is 0 Å². The van der Waals surface area contributed by atoms with E-state index in [9.17, 15) is 14.4 Å². The number of nitrogens with one attached hydrogen (secondary N) is 2. The minimum Gasteiger partial charge on any atom is -0.480 e. The molecular weight excluding hydrogens is 248 g/mol. The van der Waals surface area contributed by atoms with Crippen LogP contribution in [0.15, 0.2) is 12.3 Å². The first kappa shape index (κ1) is 14.9. The average Bonchev–Trinajstić information content (AvgIpc) is 2.84. The van der Waals surface area contributed by atoms with Gasteiger partial charge in [-0.1, -0.05) is 20.3 Å². The Morgan fingerprint density at radius 3 is 2.47 bits per heavy atom. The van der Waals surface area contributed by atoms with E-state index >= 15 is 0 Å². The zero-order chi connectivity index (χ0) is 14.6. The van der Waals surface area contributed by atoms with Gasteiger partial charge in [0.1, 0.15) is 11.7 Å². The Morgan fingerprint density at radius 2 is 2.05 bits per heavy atom. The molecule has 6 heteroatoms. The van der Waals surface area contributed by atoms with Crippen LogP contribution in [0.2, 0.25) is 0 Å². The summed E-state index contributed by atoms with van der Waals surface area (Å²) in [7, 11) is 0. The number of carboxylic acids is 1. The Morgan fingerprint density at radius 1 is 1.42 bits per heavy atom. The molecule has 0 saturated heterocycles. The predicted octanol–water partition coefficient (Wildman–Crippen LogP) is 1.45. The van der Waals surface area contributed by atoms with Gasteiger partial charge < -0.3 is 15.4 Å². The lowest BCUT2D eigenvalue weighted by Crippen LogP contribution is -2.45. The maximum absolute atomic E-state index is 11.9. The van der Waals surface area contributed by atoms with E-state index < -0.39 is 17.9 Å². The molecule has 0 unspecified atom stereocenters. The summed E-state index contributed by atoms with van der Waals surface area (Å²) in [6, 6.07) is 0.467. The van der Waals surface area contributed by atoms with Crippen molar-refractivity contribution in [3.05, 3.63) is 23.5 Å². The van der Waals surface area contributed by atoms with E-state index in [1.807, 2.05) is 6.92 Å². The van der Waals surface area contributed by atoms with Crippen molar-refractivity contribution in [2.75, 3.05) is 0 Å². The average molecular weight is 266 g/mol. The summed E-state index contributed by atoms with van der Waals surface area (Å²) in [5.74, 6) is -1.93. The predicted molar refractivity (Wildman–Crippen MR) is 69.1 cm³/mol. The van der Waals surface area contributed by atoms with Crippen molar-refractivity contribution >= 4 is 17.7 Å². The van der Waals surface area contributed by atoms with Crippen molar-refractivity contribution in [3.8, 4) is 0 Å². The van der Waals surface area contributed by atoms with Gasteiger partial charge in [0, 0.05) is 11.8 Å². The Hall–Kier alpha value is -2.11. The molecule has 6 nitrogen and oxygen atoms in total. The fourth-order valence-corrected chi connectivity index (χ4v) is 1.63. The fraction of sp³-hybridized carbons (Fsp3) is 0.462. The molecule has 2 atom stereocenters. The highest BCUT2D eigenvalue weighted by Crippen LogP contribution is 2.10. The second-order valence-electron chi connectivity index (χ2n) is 4.53. The van der Waals surface area contributed by atoms with Crippen molar-refractivity contribution in [3.63, 3.8) is 0 Å². The SMILES string of the molecule is CC[C@H](C)[C@H](NC(=O)c1cc(C(C)=O)c[nH]1)C(=O)O. The van der Waals surface area contributed by atoms with Gasteiger partial charge in [0.05, 0.1) is 0 Å². The largest absolute Gasteiger partial charge is 0.480 e. The highest BCUT2D eigenvalue weighted by Gasteiger charge is 2.26. The van der Waals surface area contributed by atoms with Gasteiger partial charge in [-0.25, -0.2) is 4.79 Å². The molecule has 19 heavy (non-hydrogen) atoms. The van der Waals surface area contributed by atoms with Gasteiger partial charge in [0.15, 0.2) is 5.78 Å². The van der Waals surface area contributed by atoms with Crippen LogP contribution in [-0.2, 0) is 4.79 Å². The normalized spacial score (nSPS) is 13.6. The summed E-state index contributed by atoms with van der Waals surface area (Å²) >= 11 is 0. The quantitative estimate of drug-likeness (QED) is 0.678. The molecular formula is C13H18N2O4. The standard InChI is InChI=1S/C13H18N2O4/c1-4-7(2)11(13(18)19)15-12(17)10-5-9(6-14-10)8(3)16/h5-7,11,14H,4H2,1-3H3,(H,15,17)(H,18,19)/t7-,11-/m0/s1. The van der Waals surface area contributed by atoms with Gasteiger partial charge in [-0.3, -0.25) is 9.59 Å². The molecule has 0 saturated carbocycles. The number of Topliss-reactive ketones (excluding diaryl/α,β-unsaturated/α-hetero) is 1. The first-order chi connectivity index (χ1) is 8.86. The third-order valence-corrected chi connectivity index (χ3v) is 3.10. The molecule has 1 amide bonds. The summed E-state index contributed by atoms with van der Waals surface area (Å²) in [6.45, 7) is 5.01. The van der Waals surface area contributed by atoms with Gasteiger partial charge in [0.25, 0.3) is 5.91 Å². The number of hydrogen-bond donors (Lipinski definition) is 3. The van der Waals surface area contributed by atoms with E-state index in [0.717, 1.165) is 0 Å². The third kappa shape index (κ3) is 3.67. The van der Waals surface area contributed by atoms with Crippen LogP contribution < -0.4 is 5.32 Å². The Balaban J connectivity index is 2.81. The minimum atomic E-state index is -1.07. The highest BCUT2D eigenvalue weighted by atomic mass is 16.4. The second-order valence-corrected chi connectivity index (χ2v) is 4.53. The number of rotatable bonds is 6. The zero-order valence-electron chi connectivity index (χ0n) is 11.2. The van der Waals surface area contributed by atoms with Gasteiger partial charge in [0.2, 0.25) is 0 Å². The van der Waals surface area contributed by atoms with E-state index in [1.54, 1.807) is 6.92 Å². The highest BCUT2D eigenvalue weighted by molar-refractivity contribution is 6.00. The van der Waals surface area contributed by atoms with E-state index in [0.29, 0.717) is 12.0 Å². The minimum absolute atomic E-state index is 0.160. The fourth-order valence-electron chi connectivity index (χ4n) is 1.63. The van der Waals surface area contributed by atoms with Crippen molar-refractivity contribution in [1.82, 2.24) is 10.3 Å². The first-order valence-electron chi connectivity index (χ1n) is 6.09. The van der Waals surface area contributed by atoms with Crippen LogP contribution in [0.25, 0.3) is 0 Å². The first-order valence-corrected chi connectivity index (χ1v) is 6.09. The lowest BCUT2D eigenvalue weighted by molar-refractivity contribution is -0.140. The van der Waals surface area contributed by atoms with E-state index in [-0.39, 0.29) is 17.4 Å².